The Balaban J connectivity index is 2.40. The van der Waals surface area contributed by atoms with E-state index in [4.69, 9.17) is 0 Å². The van der Waals surface area contributed by atoms with Crippen molar-refractivity contribution in [2.45, 2.75) is 18.9 Å². The van der Waals surface area contributed by atoms with E-state index in [1.807, 2.05) is 4.90 Å². The van der Waals surface area contributed by atoms with E-state index in [9.17, 15) is 14.9 Å². The molecule has 1 aliphatic heterocycles. The fourth-order valence-corrected chi connectivity index (χ4v) is 2.84. The van der Waals surface area contributed by atoms with E-state index >= 15 is 0 Å². The minimum absolute atomic E-state index is 0.0142. The van der Waals surface area contributed by atoms with Gasteiger partial charge in [0.25, 0.3) is 5.69 Å². The maximum absolute atomic E-state index is 12.2. The van der Waals surface area contributed by atoms with Gasteiger partial charge in [0.1, 0.15) is 11.7 Å². The number of amides is 1. The average Bonchev–Trinajstić information content (AvgIpc) is 2.86. The highest BCUT2D eigenvalue weighted by molar-refractivity contribution is 9.10. The highest BCUT2D eigenvalue weighted by Crippen LogP contribution is 2.35. The highest BCUT2D eigenvalue weighted by Gasteiger charge is 2.35. The fourth-order valence-electron chi connectivity index (χ4n) is 2.50. The molecule has 1 saturated heterocycles. The van der Waals surface area contributed by atoms with E-state index in [0.717, 1.165) is 12.8 Å². The normalized spacial score (nSPS) is 18.1. The van der Waals surface area contributed by atoms with Crippen molar-refractivity contribution in [3.05, 3.63) is 32.8 Å². The van der Waals surface area contributed by atoms with Gasteiger partial charge in [-0.25, -0.2) is 0 Å². The maximum Gasteiger partial charge on any atom is 0.293 e. The lowest BCUT2D eigenvalue weighted by Crippen LogP contribution is -2.43. The lowest BCUT2D eigenvalue weighted by Gasteiger charge is -2.27. The number of hydrogen-bond acceptors (Lipinski definition) is 4. The number of halogens is 1. The summed E-state index contributed by atoms with van der Waals surface area (Å²) in [5.74, 6) is -0.0142. The van der Waals surface area contributed by atoms with Crippen molar-refractivity contribution in [2.24, 2.45) is 0 Å². The summed E-state index contributed by atoms with van der Waals surface area (Å²) in [6.45, 7) is 0.659. The smallest absolute Gasteiger partial charge is 0.293 e. The molecule has 0 radical (unpaired) electrons. The first-order valence-corrected chi connectivity index (χ1v) is 7.13. The number of carbonyl (C=O) groups excluding carboxylic acids is 1. The van der Waals surface area contributed by atoms with Gasteiger partial charge in [-0.15, -0.1) is 0 Å². The quantitative estimate of drug-likeness (QED) is 0.625. The fraction of sp³-hybridized carbons (Fsp3) is 0.462. The van der Waals surface area contributed by atoms with Crippen molar-refractivity contribution in [3.63, 3.8) is 0 Å². The molecule has 0 bridgehead atoms. The van der Waals surface area contributed by atoms with E-state index in [0.29, 0.717) is 16.7 Å². The van der Waals surface area contributed by atoms with E-state index in [1.54, 1.807) is 26.2 Å². The maximum atomic E-state index is 12.2. The summed E-state index contributed by atoms with van der Waals surface area (Å²) in [6.07, 6.45) is 1.59. The van der Waals surface area contributed by atoms with Crippen LogP contribution in [0.4, 0.5) is 11.4 Å². The van der Waals surface area contributed by atoms with Gasteiger partial charge in [0.2, 0.25) is 5.91 Å². The van der Waals surface area contributed by atoms with Gasteiger partial charge in [-0.05, 0) is 25.0 Å². The summed E-state index contributed by atoms with van der Waals surface area (Å²) in [5, 5.41) is 11.2. The van der Waals surface area contributed by atoms with Crippen LogP contribution >= 0.6 is 15.9 Å². The molecule has 0 saturated carbocycles. The molecule has 1 fully saturated rings. The number of nitro groups is 1. The minimum Gasteiger partial charge on any atom is -0.354 e. The molecule has 6 nitrogen and oxygen atoms in total. The summed E-state index contributed by atoms with van der Waals surface area (Å²) in [5.41, 5.74) is 0.536. The molecule has 0 aromatic heterocycles. The summed E-state index contributed by atoms with van der Waals surface area (Å²) in [6, 6.07) is 4.62. The Kier molecular flexibility index (Phi) is 4.27. The molecule has 1 heterocycles. The lowest BCUT2D eigenvalue weighted by molar-refractivity contribution is -0.384. The first-order chi connectivity index (χ1) is 9.41. The van der Waals surface area contributed by atoms with Crippen LogP contribution in [0.1, 0.15) is 12.8 Å². The number of rotatable bonds is 3. The Morgan fingerprint density at radius 1 is 1.50 bits per heavy atom. The van der Waals surface area contributed by atoms with Crippen LogP contribution in [-0.4, -0.2) is 42.4 Å². The zero-order valence-corrected chi connectivity index (χ0v) is 13.0. The van der Waals surface area contributed by atoms with E-state index in [-0.39, 0.29) is 17.6 Å². The van der Waals surface area contributed by atoms with Crippen LogP contribution in [0, 0.1) is 10.1 Å². The highest BCUT2D eigenvalue weighted by atomic mass is 79.9. The van der Waals surface area contributed by atoms with E-state index in [1.165, 1.54) is 11.0 Å². The molecule has 1 amide bonds. The molecule has 1 atom stereocenters. The predicted octanol–water partition coefficient (Wildman–Crippen LogP) is 2.41. The molecule has 108 valence electrons. The lowest BCUT2D eigenvalue weighted by atomic mass is 10.1. The Bertz CT molecular complexity index is 548. The number of carbonyl (C=O) groups is 1. The minimum atomic E-state index is -0.407. The van der Waals surface area contributed by atoms with Crippen molar-refractivity contribution < 1.29 is 9.72 Å². The molecular formula is C13H16BrN3O3. The van der Waals surface area contributed by atoms with E-state index in [2.05, 4.69) is 15.9 Å². The second-order valence-electron chi connectivity index (χ2n) is 4.97. The van der Waals surface area contributed by atoms with Crippen LogP contribution in [0.3, 0.4) is 0 Å². The van der Waals surface area contributed by atoms with Crippen LogP contribution in [0.15, 0.2) is 22.7 Å². The van der Waals surface area contributed by atoms with Crippen molar-refractivity contribution >= 4 is 33.2 Å². The van der Waals surface area contributed by atoms with Gasteiger partial charge in [0.05, 0.1) is 4.92 Å². The van der Waals surface area contributed by atoms with Gasteiger partial charge in [-0.2, -0.15) is 0 Å². The van der Waals surface area contributed by atoms with Crippen molar-refractivity contribution in [1.29, 1.82) is 0 Å². The first-order valence-electron chi connectivity index (χ1n) is 6.33. The number of hydrogen-bond donors (Lipinski definition) is 0. The van der Waals surface area contributed by atoms with Gasteiger partial charge >= 0.3 is 0 Å². The third-order valence-corrected chi connectivity index (χ3v) is 3.92. The first kappa shape index (κ1) is 14.8. The Labute approximate surface area is 125 Å². The largest absolute Gasteiger partial charge is 0.354 e. The summed E-state index contributed by atoms with van der Waals surface area (Å²) < 4.78 is 0.655. The molecule has 1 aromatic carbocycles. The van der Waals surface area contributed by atoms with Crippen LogP contribution in [0.5, 0.6) is 0 Å². The van der Waals surface area contributed by atoms with Crippen LogP contribution < -0.4 is 4.90 Å². The second kappa shape index (κ2) is 5.78. The standard InChI is InChI=1S/C13H16BrN3O3/c1-15(2)13(18)11-4-3-7-16(11)10-6-5-9(14)8-12(10)17(19)20/h5-6,8,11H,3-4,7H2,1-2H3. The molecule has 0 N–H and O–H groups in total. The molecular weight excluding hydrogens is 326 g/mol. The SMILES string of the molecule is CN(C)C(=O)C1CCCN1c1ccc(Br)cc1[N+](=O)[O-]. The molecule has 0 spiro atoms. The van der Waals surface area contributed by atoms with Crippen LogP contribution in [0.25, 0.3) is 0 Å². The average molecular weight is 342 g/mol. The number of benzene rings is 1. The van der Waals surface area contributed by atoms with Crippen molar-refractivity contribution in [3.8, 4) is 0 Å². The molecule has 1 unspecified atom stereocenters. The summed E-state index contributed by atoms with van der Waals surface area (Å²) in [4.78, 5) is 26.4. The van der Waals surface area contributed by atoms with E-state index < -0.39 is 4.92 Å². The van der Waals surface area contributed by atoms with Gasteiger partial charge in [0.15, 0.2) is 0 Å². The Morgan fingerprint density at radius 2 is 2.20 bits per heavy atom. The third kappa shape index (κ3) is 2.77. The monoisotopic (exact) mass is 341 g/mol. The molecule has 1 aromatic rings. The van der Waals surface area contributed by atoms with Gasteiger partial charge in [-0.3, -0.25) is 14.9 Å². The second-order valence-corrected chi connectivity index (χ2v) is 5.89. The molecule has 2 rings (SSSR count). The zero-order valence-electron chi connectivity index (χ0n) is 11.4. The Hall–Kier alpha value is -1.63. The third-order valence-electron chi connectivity index (χ3n) is 3.42. The van der Waals surface area contributed by atoms with Gasteiger partial charge in [-0.1, -0.05) is 15.9 Å². The zero-order chi connectivity index (χ0) is 14.9. The predicted molar refractivity (Wildman–Crippen MR) is 79.9 cm³/mol. The van der Waals surface area contributed by atoms with Crippen molar-refractivity contribution in [1.82, 2.24) is 4.90 Å². The Morgan fingerprint density at radius 3 is 2.80 bits per heavy atom. The van der Waals surface area contributed by atoms with Gasteiger partial charge < -0.3 is 9.80 Å². The molecule has 0 aliphatic carbocycles. The van der Waals surface area contributed by atoms with Gasteiger partial charge in [0, 0.05) is 31.2 Å². The van der Waals surface area contributed by atoms with Crippen molar-refractivity contribution in [2.75, 3.05) is 25.5 Å². The number of likely N-dealkylation sites (N-methyl/N-ethyl adjacent to an activating group) is 1. The van der Waals surface area contributed by atoms with Crippen LogP contribution in [0.2, 0.25) is 0 Å². The molecule has 20 heavy (non-hydrogen) atoms. The summed E-state index contributed by atoms with van der Waals surface area (Å²) in [7, 11) is 3.41. The number of nitrogens with zero attached hydrogens (tertiary/aromatic N) is 3. The summed E-state index contributed by atoms with van der Waals surface area (Å²) >= 11 is 3.24. The molecule has 1 aliphatic rings. The number of anilines is 1. The topological polar surface area (TPSA) is 66.7 Å². The van der Waals surface area contributed by atoms with Crippen LogP contribution in [-0.2, 0) is 4.79 Å². The molecule has 7 heteroatoms. The number of nitro benzene ring substituents is 1.